The van der Waals surface area contributed by atoms with Gasteiger partial charge in [-0.1, -0.05) is 37.3 Å². The minimum Gasteiger partial charge on any atom is -0.619 e. The SMILES string of the molecule is CCC(c1nc2c(c(=O)n1Cc1ccccc1)CCC2)N(CCN)Cc1cc[n+]([O-])cc1. The monoisotopic (exact) mass is 433 g/mol. The van der Waals surface area contributed by atoms with Gasteiger partial charge in [0.15, 0.2) is 12.4 Å². The summed E-state index contributed by atoms with van der Waals surface area (Å²) in [5, 5.41) is 11.4. The highest BCUT2D eigenvalue weighted by Gasteiger charge is 2.28. The molecular formula is C25H31N5O2. The minimum atomic E-state index is -0.0551. The van der Waals surface area contributed by atoms with Crippen LogP contribution in [0.15, 0.2) is 59.7 Å². The molecule has 7 heteroatoms. The lowest BCUT2D eigenvalue weighted by Crippen LogP contribution is -2.38. The lowest BCUT2D eigenvalue weighted by Gasteiger charge is -2.32. The van der Waals surface area contributed by atoms with Crippen LogP contribution >= 0.6 is 0 Å². The molecule has 168 valence electrons. The zero-order valence-electron chi connectivity index (χ0n) is 18.6. The second-order valence-corrected chi connectivity index (χ2v) is 8.38. The third kappa shape index (κ3) is 4.74. The van der Waals surface area contributed by atoms with Crippen molar-refractivity contribution in [3.63, 3.8) is 0 Å². The molecule has 3 aromatic rings. The Morgan fingerprint density at radius 1 is 1.16 bits per heavy atom. The van der Waals surface area contributed by atoms with E-state index in [1.807, 2.05) is 47.0 Å². The molecule has 1 aliphatic carbocycles. The van der Waals surface area contributed by atoms with Crippen LogP contribution in [0.25, 0.3) is 0 Å². The van der Waals surface area contributed by atoms with E-state index < -0.39 is 0 Å². The van der Waals surface area contributed by atoms with E-state index >= 15 is 0 Å². The fourth-order valence-corrected chi connectivity index (χ4v) is 4.62. The van der Waals surface area contributed by atoms with Crippen LogP contribution in [0, 0.1) is 5.21 Å². The first-order chi connectivity index (χ1) is 15.6. The molecule has 0 aliphatic heterocycles. The van der Waals surface area contributed by atoms with Crippen LogP contribution in [0.5, 0.6) is 0 Å². The molecule has 2 aromatic heterocycles. The summed E-state index contributed by atoms with van der Waals surface area (Å²) in [4.78, 5) is 20.9. The molecule has 1 unspecified atom stereocenters. The second-order valence-electron chi connectivity index (χ2n) is 8.38. The molecule has 1 aromatic carbocycles. The second kappa shape index (κ2) is 10.1. The standard InChI is InChI=1S/C25H31N5O2/c1-2-23(28(16-13-26)17-20-11-14-29(32)15-12-20)24-27-22-10-6-9-21(22)25(31)30(24)18-19-7-4-3-5-8-19/h3-5,7-8,11-12,14-15,23H,2,6,9-10,13,16-18,26H2,1H3. The third-order valence-corrected chi connectivity index (χ3v) is 6.20. The number of pyridine rings is 1. The number of rotatable bonds is 9. The van der Waals surface area contributed by atoms with Gasteiger partial charge in [-0.3, -0.25) is 14.3 Å². The molecular weight excluding hydrogens is 402 g/mol. The van der Waals surface area contributed by atoms with E-state index in [1.165, 1.54) is 12.4 Å². The normalized spacial score (nSPS) is 14.0. The van der Waals surface area contributed by atoms with E-state index in [-0.39, 0.29) is 11.6 Å². The van der Waals surface area contributed by atoms with Crippen LogP contribution < -0.4 is 16.0 Å². The fraction of sp³-hybridized carbons (Fsp3) is 0.400. The average molecular weight is 434 g/mol. The molecule has 2 heterocycles. The number of nitrogens with zero attached hydrogens (tertiary/aromatic N) is 4. The van der Waals surface area contributed by atoms with Gasteiger partial charge in [-0.2, -0.15) is 4.73 Å². The minimum absolute atomic E-state index is 0.0551. The summed E-state index contributed by atoms with van der Waals surface area (Å²) in [6.45, 7) is 4.43. The molecule has 0 saturated carbocycles. The highest BCUT2D eigenvalue weighted by atomic mass is 16.5. The van der Waals surface area contributed by atoms with Crippen LogP contribution in [0.2, 0.25) is 0 Å². The van der Waals surface area contributed by atoms with E-state index in [4.69, 9.17) is 10.7 Å². The molecule has 0 bridgehead atoms. The van der Waals surface area contributed by atoms with Gasteiger partial charge in [-0.15, -0.1) is 0 Å². The summed E-state index contributed by atoms with van der Waals surface area (Å²) < 4.78 is 2.65. The Morgan fingerprint density at radius 2 is 1.91 bits per heavy atom. The van der Waals surface area contributed by atoms with Gasteiger partial charge < -0.3 is 10.9 Å². The quantitative estimate of drug-likeness (QED) is 0.413. The third-order valence-electron chi connectivity index (χ3n) is 6.20. The Bertz CT molecular complexity index is 1100. The molecule has 1 atom stereocenters. The Hall–Kier alpha value is -3.03. The Balaban J connectivity index is 1.76. The van der Waals surface area contributed by atoms with Gasteiger partial charge in [0, 0.05) is 37.3 Å². The number of hydrogen-bond acceptors (Lipinski definition) is 5. The molecule has 0 fully saturated rings. The van der Waals surface area contributed by atoms with Crippen molar-refractivity contribution in [1.82, 2.24) is 14.5 Å². The van der Waals surface area contributed by atoms with Crippen molar-refractivity contribution in [1.29, 1.82) is 0 Å². The van der Waals surface area contributed by atoms with Gasteiger partial charge in [-0.05, 0) is 36.8 Å². The summed E-state index contributed by atoms with van der Waals surface area (Å²) in [7, 11) is 0. The van der Waals surface area contributed by atoms with Gasteiger partial charge in [-0.25, -0.2) is 4.98 Å². The van der Waals surface area contributed by atoms with Crippen LogP contribution in [-0.4, -0.2) is 27.5 Å². The zero-order valence-corrected chi connectivity index (χ0v) is 18.6. The number of fused-ring (bicyclic) bond motifs is 1. The van der Waals surface area contributed by atoms with Crippen molar-refractivity contribution in [3.8, 4) is 0 Å². The molecule has 1 aliphatic rings. The van der Waals surface area contributed by atoms with Gasteiger partial charge >= 0.3 is 0 Å². The van der Waals surface area contributed by atoms with Crippen molar-refractivity contribution < 1.29 is 4.73 Å². The van der Waals surface area contributed by atoms with Crippen LogP contribution in [0.4, 0.5) is 0 Å². The summed E-state index contributed by atoms with van der Waals surface area (Å²) in [5.74, 6) is 0.810. The highest BCUT2D eigenvalue weighted by molar-refractivity contribution is 5.26. The Morgan fingerprint density at radius 3 is 2.59 bits per heavy atom. The smallest absolute Gasteiger partial charge is 0.257 e. The molecule has 2 N–H and O–H groups in total. The highest BCUT2D eigenvalue weighted by Crippen LogP contribution is 2.27. The van der Waals surface area contributed by atoms with Gasteiger partial charge in [0.25, 0.3) is 5.56 Å². The molecule has 0 spiro atoms. The van der Waals surface area contributed by atoms with E-state index in [0.29, 0.717) is 26.2 Å². The van der Waals surface area contributed by atoms with E-state index in [1.54, 1.807) is 0 Å². The maximum atomic E-state index is 13.5. The fourth-order valence-electron chi connectivity index (χ4n) is 4.62. The van der Waals surface area contributed by atoms with Crippen LogP contribution in [-0.2, 0) is 25.9 Å². The first-order valence-electron chi connectivity index (χ1n) is 11.4. The Kier molecular flexibility index (Phi) is 6.97. The van der Waals surface area contributed by atoms with Gasteiger partial charge in [0.2, 0.25) is 0 Å². The van der Waals surface area contributed by atoms with Crippen molar-refractivity contribution in [3.05, 3.63) is 98.6 Å². The van der Waals surface area contributed by atoms with Crippen LogP contribution in [0.3, 0.4) is 0 Å². The molecule has 7 nitrogen and oxygen atoms in total. The van der Waals surface area contributed by atoms with Gasteiger partial charge in [0.1, 0.15) is 5.82 Å². The number of aryl methyl sites for hydroxylation is 1. The lowest BCUT2D eigenvalue weighted by molar-refractivity contribution is -0.605. The Labute approximate surface area is 188 Å². The first-order valence-corrected chi connectivity index (χ1v) is 11.4. The predicted molar refractivity (Wildman–Crippen MR) is 124 cm³/mol. The molecule has 0 saturated heterocycles. The molecule has 32 heavy (non-hydrogen) atoms. The largest absolute Gasteiger partial charge is 0.619 e. The average Bonchev–Trinajstić information content (AvgIpc) is 3.28. The van der Waals surface area contributed by atoms with E-state index in [2.05, 4.69) is 11.8 Å². The number of hydrogen-bond donors (Lipinski definition) is 1. The molecule has 4 rings (SSSR count). The summed E-state index contributed by atoms with van der Waals surface area (Å²) in [5.41, 5.74) is 9.99. The van der Waals surface area contributed by atoms with Crippen molar-refractivity contribution in [2.24, 2.45) is 5.73 Å². The maximum absolute atomic E-state index is 13.5. The number of benzene rings is 1. The summed E-state index contributed by atoms with van der Waals surface area (Å²) in [6, 6.07) is 13.7. The number of nitrogens with two attached hydrogens (primary N) is 1. The van der Waals surface area contributed by atoms with Crippen LogP contribution in [0.1, 0.15) is 54.0 Å². The summed E-state index contributed by atoms with van der Waals surface area (Å²) >= 11 is 0. The van der Waals surface area contributed by atoms with Crippen molar-refractivity contribution >= 4 is 0 Å². The van der Waals surface area contributed by atoms with E-state index in [9.17, 15) is 10.0 Å². The molecule has 0 radical (unpaired) electrons. The number of aromatic nitrogens is 3. The zero-order chi connectivity index (χ0) is 22.5. The topological polar surface area (TPSA) is 91.1 Å². The maximum Gasteiger partial charge on any atom is 0.257 e. The van der Waals surface area contributed by atoms with Gasteiger partial charge in [0.05, 0.1) is 18.3 Å². The van der Waals surface area contributed by atoms with E-state index in [0.717, 1.165) is 58.6 Å². The first kappa shape index (κ1) is 22.2. The molecule has 0 amide bonds. The van der Waals surface area contributed by atoms with Crippen molar-refractivity contribution in [2.45, 2.75) is 51.7 Å². The lowest BCUT2D eigenvalue weighted by atomic mass is 10.1. The van der Waals surface area contributed by atoms with Crippen molar-refractivity contribution in [2.75, 3.05) is 13.1 Å². The summed E-state index contributed by atoms with van der Waals surface area (Å²) in [6.07, 6.45) is 6.47. The predicted octanol–water partition coefficient (Wildman–Crippen LogP) is 2.33.